The van der Waals surface area contributed by atoms with Gasteiger partial charge in [0.25, 0.3) is 0 Å². The first kappa shape index (κ1) is 11.2. The van der Waals surface area contributed by atoms with Gasteiger partial charge < -0.3 is 11.1 Å². The van der Waals surface area contributed by atoms with Gasteiger partial charge in [0, 0.05) is 30.2 Å². The van der Waals surface area contributed by atoms with Gasteiger partial charge in [0.05, 0.1) is 11.4 Å². The second-order valence-corrected chi connectivity index (χ2v) is 5.52. The Kier molecular flexibility index (Phi) is 2.89. The highest BCUT2D eigenvalue weighted by atomic mass is 35.5. The molecule has 2 aliphatic rings. The van der Waals surface area contributed by atoms with Gasteiger partial charge in [-0.25, -0.2) is 0 Å². The van der Waals surface area contributed by atoms with E-state index >= 15 is 0 Å². The van der Waals surface area contributed by atoms with Crippen molar-refractivity contribution in [3.05, 3.63) is 23.2 Å². The van der Waals surface area contributed by atoms with Gasteiger partial charge in [-0.2, -0.15) is 0 Å². The average molecular weight is 252 g/mol. The molecule has 0 aromatic heterocycles. The van der Waals surface area contributed by atoms with Gasteiger partial charge in [0.2, 0.25) is 0 Å². The van der Waals surface area contributed by atoms with Crippen molar-refractivity contribution in [2.45, 2.75) is 31.3 Å². The van der Waals surface area contributed by atoms with Gasteiger partial charge in [-0.05, 0) is 37.5 Å². The van der Waals surface area contributed by atoms with E-state index in [-0.39, 0.29) is 0 Å². The molecule has 0 spiro atoms. The Morgan fingerprint density at radius 1 is 1.29 bits per heavy atom. The summed E-state index contributed by atoms with van der Waals surface area (Å²) in [4.78, 5) is 2.59. The van der Waals surface area contributed by atoms with Crippen molar-refractivity contribution >= 4 is 23.0 Å². The zero-order chi connectivity index (χ0) is 11.8. The maximum atomic E-state index is 5.95. The number of nitrogens with zero attached hydrogens (tertiary/aromatic N) is 1. The van der Waals surface area contributed by atoms with E-state index < -0.39 is 0 Å². The van der Waals surface area contributed by atoms with E-state index in [0.717, 1.165) is 24.0 Å². The molecule has 1 unspecified atom stereocenters. The number of hydrogen-bond donors (Lipinski definition) is 2. The minimum absolute atomic E-state index is 0.527. The summed E-state index contributed by atoms with van der Waals surface area (Å²) < 4.78 is 0. The Bertz CT molecular complexity index is 417. The van der Waals surface area contributed by atoms with Gasteiger partial charge >= 0.3 is 0 Å². The number of likely N-dealkylation sites (tertiary alicyclic amines) is 1. The fourth-order valence-electron chi connectivity index (χ4n) is 2.56. The standard InChI is InChI=1S/C13H18ClN3/c14-9-1-4-13(12(15)7-9)16-10-5-6-17(8-10)11-2-3-11/h1,4,7,10-11,16H,2-3,5-6,8,15H2. The first-order valence-electron chi connectivity index (χ1n) is 6.28. The molecule has 1 aliphatic heterocycles. The van der Waals surface area contributed by atoms with Crippen LogP contribution in [0.4, 0.5) is 11.4 Å². The first-order chi connectivity index (χ1) is 8.22. The summed E-state index contributed by atoms with van der Waals surface area (Å²) in [6, 6.07) is 7.05. The van der Waals surface area contributed by atoms with Gasteiger partial charge in [-0.1, -0.05) is 11.6 Å². The summed E-state index contributed by atoms with van der Waals surface area (Å²) in [6.07, 6.45) is 3.98. The molecule has 4 heteroatoms. The molecule has 2 fully saturated rings. The number of rotatable bonds is 3. The lowest BCUT2D eigenvalue weighted by atomic mass is 10.2. The highest BCUT2D eigenvalue weighted by Gasteiger charge is 2.34. The van der Waals surface area contributed by atoms with Crippen molar-refractivity contribution in [1.29, 1.82) is 0 Å². The molecule has 1 aromatic carbocycles. The summed E-state index contributed by atoms with van der Waals surface area (Å²) in [6.45, 7) is 2.36. The summed E-state index contributed by atoms with van der Waals surface area (Å²) in [7, 11) is 0. The van der Waals surface area contributed by atoms with Crippen molar-refractivity contribution < 1.29 is 0 Å². The van der Waals surface area contributed by atoms with E-state index in [1.807, 2.05) is 12.1 Å². The molecule has 0 amide bonds. The molecule has 17 heavy (non-hydrogen) atoms. The van der Waals surface area contributed by atoms with Crippen LogP contribution in [0.5, 0.6) is 0 Å². The molecule has 0 bridgehead atoms. The van der Waals surface area contributed by atoms with Crippen molar-refractivity contribution in [3.63, 3.8) is 0 Å². The molecule has 1 aliphatic carbocycles. The molecular weight excluding hydrogens is 234 g/mol. The van der Waals surface area contributed by atoms with Crippen LogP contribution in [0.1, 0.15) is 19.3 Å². The van der Waals surface area contributed by atoms with E-state index in [0.29, 0.717) is 11.1 Å². The topological polar surface area (TPSA) is 41.3 Å². The van der Waals surface area contributed by atoms with Crippen molar-refractivity contribution in [2.75, 3.05) is 24.1 Å². The Balaban J connectivity index is 1.63. The van der Waals surface area contributed by atoms with Crippen LogP contribution in [0.15, 0.2) is 18.2 Å². The van der Waals surface area contributed by atoms with Crippen LogP contribution < -0.4 is 11.1 Å². The normalized spacial score (nSPS) is 25.1. The maximum Gasteiger partial charge on any atom is 0.0577 e. The number of nitrogen functional groups attached to an aromatic ring is 1. The fraction of sp³-hybridized carbons (Fsp3) is 0.538. The predicted octanol–water partition coefficient (Wildman–Crippen LogP) is 2.57. The van der Waals surface area contributed by atoms with E-state index in [1.54, 1.807) is 6.07 Å². The highest BCUT2D eigenvalue weighted by molar-refractivity contribution is 6.31. The Morgan fingerprint density at radius 2 is 2.12 bits per heavy atom. The molecule has 3 rings (SSSR count). The predicted molar refractivity (Wildman–Crippen MR) is 72.5 cm³/mol. The average Bonchev–Trinajstić information content (AvgIpc) is 3.04. The number of hydrogen-bond acceptors (Lipinski definition) is 3. The monoisotopic (exact) mass is 251 g/mol. The number of anilines is 2. The molecule has 1 atom stereocenters. The number of halogens is 1. The van der Waals surface area contributed by atoms with Crippen LogP contribution in [0.2, 0.25) is 5.02 Å². The quantitative estimate of drug-likeness (QED) is 0.812. The highest BCUT2D eigenvalue weighted by Crippen LogP contribution is 2.31. The molecule has 1 saturated heterocycles. The van der Waals surface area contributed by atoms with Gasteiger partial charge in [0.1, 0.15) is 0 Å². The number of nitrogens with two attached hydrogens (primary N) is 1. The second kappa shape index (κ2) is 4.39. The third-order valence-corrected chi connectivity index (χ3v) is 3.89. The second-order valence-electron chi connectivity index (χ2n) is 5.09. The Labute approximate surface area is 107 Å². The van der Waals surface area contributed by atoms with Gasteiger partial charge in [0.15, 0.2) is 0 Å². The summed E-state index contributed by atoms with van der Waals surface area (Å²) in [5.74, 6) is 0. The largest absolute Gasteiger partial charge is 0.397 e. The van der Waals surface area contributed by atoms with Crippen LogP contribution in [-0.2, 0) is 0 Å². The minimum atomic E-state index is 0.527. The SMILES string of the molecule is Nc1cc(Cl)ccc1NC1CCN(C2CC2)C1. The first-order valence-corrected chi connectivity index (χ1v) is 6.66. The van der Waals surface area contributed by atoms with Crippen molar-refractivity contribution in [1.82, 2.24) is 4.90 Å². The lowest BCUT2D eigenvalue weighted by Crippen LogP contribution is -2.27. The van der Waals surface area contributed by atoms with Crippen LogP contribution in [0.3, 0.4) is 0 Å². The molecule has 1 heterocycles. The van der Waals surface area contributed by atoms with Crippen molar-refractivity contribution in [2.24, 2.45) is 0 Å². The minimum Gasteiger partial charge on any atom is -0.397 e. The lowest BCUT2D eigenvalue weighted by molar-refractivity contribution is 0.326. The van der Waals surface area contributed by atoms with E-state index in [9.17, 15) is 0 Å². The smallest absolute Gasteiger partial charge is 0.0577 e. The lowest BCUT2D eigenvalue weighted by Gasteiger charge is -2.17. The number of nitrogens with one attached hydrogen (secondary N) is 1. The molecule has 1 aromatic rings. The summed E-state index contributed by atoms with van der Waals surface area (Å²) in [5.41, 5.74) is 7.70. The Hall–Kier alpha value is -0.930. The molecule has 3 N–H and O–H groups in total. The number of benzene rings is 1. The molecular formula is C13H18ClN3. The maximum absolute atomic E-state index is 5.95. The van der Waals surface area contributed by atoms with Crippen LogP contribution in [0.25, 0.3) is 0 Å². The summed E-state index contributed by atoms with van der Waals surface area (Å²) in [5, 5.41) is 4.22. The summed E-state index contributed by atoms with van der Waals surface area (Å²) >= 11 is 5.89. The van der Waals surface area contributed by atoms with Crippen LogP contribution >= 0.6 is 11.6 Å². The molecule has 1 saturated carbocycles. The van der Waals surface area contributed by atoms with E-state index in [1.165, 1.54) is 25.8 Å². The zero-order valence-corrected chi connectivity index (χ0v) is 10.6. The zero-order valence-electron chi connectivity index (χ0n) is 9.82. The van der Waals surface area contributed by atoms with Gasteiger partial charge in [-0.15, -0.1) is 0 Å². The molecule has 92 valence electrons. The van der Waals surface area contributed by atoms with Crippen LogP contribution in [0, 0.1) is 0 Å². The van der Waals surface area contributed by atoms with Gasteiger partial charge in [-0.3, -0.25) is 4.90 Å². The van der Waals surface area contributed by atoms with Crippen molar-refractivity contribution in [3.8, 4) is 0 Å². The third-order valence-electron chi connectivity index (χ3n) is 3.66. The molecule has 0 radical (unpaired) electrons. The Morgan fingerprint density at radius 3 is 2.82 bits per heavy atom. The molecule has 3 nitrogen and oxygen atoms in total. The van der Waals surface area contributed by atoms with E-state index in [4.69, 9.17) is 17.3 Å². The van der Waals surface area contributed by atoms with E-state index in [2.05, 4.69) is 10.2 Å². The fourth-order valence-corrected chi connectivity index (χ4v) is 2.74. The third kappa shape index (κ3) is 2.50. The van der Waals surface area contributed by atoms with Crippen LogP contribution in [-0.4, -0.2) is 30.1 Å².